The summed E-state index contributed by atoms with van der Waals surface area (Å²) in [5, 5.41) is 12.1. The monoisotopic (exact) mass is 409 g/mol. The van der Waals surface area contributed by atoms with E-state index in [1.165, 1.54) is 37.4 Å². The second kappa shape index (κ2) is 8.58. The Balaban J connectivity index is 1.89. The van der Waals surface area contributed by atoms with E-state index in [0.29, 0.717) is 16.9 Å². The summed E-state index contributed by atoms with van der Waals surface area (Å²) in [4.78, 5) is 36.9. The van der Waals surface area contributed by atoms with E-state index in [-0.39, 0.29) is 27.6 Å². The molecule has 0 spiro atoms. The van der Waals surface area contributed by atoms with E-state index in [9.17, 15) is 19.5 Å². The number of benzene rings is 3. The Hall–Kier alpha value is -3.64. The molecule has 0 bridgehead atoms. The molecule has 2 N–H and O–H groups in total. The quantitative estimate of drug-likeness (QED) is 0.583. The minimum absolute atomic E-state index is 0.105. The molecule has 29 heavy (non-hydrogen) atoms. The van der Waals surface area contributed by atoms with Crippen molar-refractivity contribution in [2.75, 3.05) is 12.4 Å². The van der Waals surface area contributed by atoms with Crippen molar-refractivity contribution in [3.8, 4) is 5.75 Å². The van der Waals surface area contributed by atoms with E-state index < -0.39 is 11.9 Å². The molecule has 0 atom stereocenters. The van der Waals surface area contributed by atoms with Crippen LogP contribution in [0.4, 0.5) is 5.69 Å². The van der Waals surface area contributed by atoms with Crippen LogP contribution in [-0.4, -0.2) is 29.9 Å². The number of hydrogen-bond acceptors (Lipinski definition) is 4. The fourth-order valence-electron chi connectivity index (χ4n) is 2.79. The molecule has 0 unspecified atom stereocenters. The predicted octanol–water partition coefficient (Wildman–Crippen LogP) is 4.53. The largest absolute Gasteiger partial charge is 0.496 e. The summed E-state index contributed by atoms with van der Waals surface area (Å²) in [5.74, 6) is -1.64. The molecule has 0 saturated carbocycles. The van der Waals surface area contributed by atoms with Gasteiger partial charge < -0.3 is 15.2 Å². The summed E-state index contributed by atoms with van der Waals surface area (Å²) in [5.41, 5.74) is 0.854. The number of ketones is 1. The zero-order valence-corrected chi connectivity index (χ0v) is 16.1. The number of carboxylic acids is 1. The number of nitrogens with one attached hydrogen (secondary N) is 1. The molecule has 0 aliphatic rings. The zero-order chi connectivity index (χ0) is 21.0. The number of carboxylic acid groups (broad SMARTS) is 1. The molecular weight excluding hydrogens is 394 g/mol. The Labute approximate surface area is 171 Å². The van der Waals surface area contributed by atoms with Crippen molar-refractivity contribution in [2.45, 2.75) is 0 Å². The number of amides is 1. The van der Waals surface area contributed by atoms with Crippen LogP contribution in [-0.2, 0) is 0 Å². The van der Waals surface area contributed by atoms with E-state index in [1.54, 1.807) is 36.4 Å². The van der Waals surface area contributed by atoms with Crippen LogP contribution in [0.3, 0.4) is 0 Å². The lowest BCUT2D eigenvalue weighted by molar-refractivity contribution is 0.0697. The summed E-state index contributed by atoms with van der Waals surface area (Å²) in [6.07, 6.45) is 0. The van der Waals surface area contributed by atoms with Crippen molar-refractivity contribution in [1.82, 2.24) is 0 Å². The maximum atomic E-state index is 12.8. The van der Waals surface area contributed by atoms with Gasteiger partial charge in [-0.05, 0) is 42.5 Å². The van der Waals surface area contributed by atoms with Crippen molar-refractivity contribution in [1.29, 1.82) is 0 Å². The van der Waals surface area contributed by atoms with Gasteiger partial charge in [-0.2, -0.15) is 0 Å². The summed E-state index contributed by atoms with van der Waals surface area (Å²) >= 11 is 5.83. The number of carbonyl (C=O) groups excluding carboxylic acids is 2. The molecule has 0 aliphatic heterocycles. The maximum absolute atomic E-state index is 12.8. The van der Waals surface area contributed by atoms with Crippen LogP contribution < -0.4 is 10.1 Å². The van der Waals surface area contributed by atoms with Gasteiger partial charge in [-0.3, -0.25) is 9.59 Å². The van der Waals surface area contributed by atoms with Crippen molar-refractivity contribution < 1.29 is 24.2 Å². The SMILES string of the molecule is COc1ccccc1C(=O)c1cccc(C(=O)Nc2ccc(Cl)cc2C(=O)O)c1. The molecule has 3 aromatic carbocycles. The summed E-state index contributed by atoms with van der Waals surface area (Å²) < 4.78 is 5.22. The van der Waals surface area contributed by atoms with Gasteiger partial charge in [0.1, 0.15) is 5.75 Å². The first-order valence-electron chi connectivity index (χ1n) is 8.52. The van der Waals surface area contributed by atoms with Gasteiger partial charge in [0.2, 0.25) is 0 Å². The number of rotatable bonds is 6. The Morgan fingerprint density at radius 1 is 0.897 bits per heavy atom. The Bertz CT molecular complexity index is 1110. The molecule has 3 rings (SSSR count). The van der Waals surface area contributed by atoms with Gasteiger partial charge in [-0.1, -0.05) is 35.9 Å². The van der Waals surface area contributed by atoms with E-state index >= 15 is 0 Å². The van der Waals surface area contributed by atoms with Crippen LogP contribution in [0.25, 0.3) is 0 Å². The highest BCUT2D eigenvalue weighted by Gasteiger charge is 2.17. The van der Waals surface area contributed by atoms with Gasteiger partial charge in [0.05, 0.1) is 23.9 Å². The average molecular weight is 410 g/mol. The molecule has 7 heteroatoms. The van der Waals surface area contributed by atoms with Crippen molar-refractivity contribution in [2.24, 2.45) is 0 Å². The third kappa shape index (κ3) is 4.44. The van der Waals surface area contributed by atoms with Crippen LogP contribution in [0.15, 0.2) is 66.7 Å². The molecule has 3 aromatic rings. The highest BCUT2D eigenvalue weighted by atomic mass is 35.5. The number of hydrogen-bond donors (Lipinski definition) is 2. The van der Waals surface area contributed by atoms with Gasteiger partial charge in [0.15, 0.2) is 5.78 Å². The fourth-order valence-corrected chi connectivity index (χ4v) is 2.96. The van der Waals surface area contributed by atoms with Crippen LogP contribution in [0.5, 0.6) is 5.75 Å². The molecular formula is C22H16ClNO5. The Morgan fingerprint density at radius 3 is 2.34 bits per heavy atom. The van der Waals surface area contributed by atoms with Gasteiger partial charge in [0.25, 0.3) is 5.91 Å². The number of carbonyl (C=O) groups is 3. The van der Waals surface area contributed by atoms with Crippen LogP contribution >= 0.6 is 11.6 Å². The van der Waals surface area contributed by atoms with E-state index in [2.05, 4.69) is 5.32 Å². The van der Waals surface area contributed by atoms with Crippen molar-refractivity contribution in [3.63, 3.8) is 0 Å². The third-order valence-electron chi connectivity index (χ3n) is 4.20. The Kier molecular flexibility index (Phi) is 5.95. The smallest absolute Gasteiger partial charge is 0.337 e. The highest BCUT2D eigenvalue weighted by molar-refractivity contribution is 6.31. The topological polar surface area (TPSA) is 92.7 Å². The maximum Gasteiger partial charge on any atom is 0.337 e. The number of ether oxygens (including phenoxy) is 1. The molecule has 0 heterocycles. The minimum Gasteiger partial charge on any atom is -0.496 e. The second-order valence-corrected chi connectivity index (χ2v) is 6.50. The average Bonchev–Trinajstić information content (AvgIpc) is 2.74. The van der Waals surface area contributed by atoms with Crippen LogP contribution in [0, 0.1) is 0 Å². The van der Waals surface area contributed by atoms with E-state index in [1.807, 2.05) is 0 Å². The first-order chi connectivity index (χ1) is 13.9. The van der Waals surface area contributed by atoms with E-state index in [0.717, 1.165) is 0 Å². The lowest BCUT2D eigenvalue weighted by Gasteiger charge is -2.10. The molecule has 0 saturated heterocycles. The number of anilines is 1. The van der Waals surface area contributed by atoms with Gasteiger partial charge in [-0.25, -0.2) is 4.79 Å². The molecule has 6 nitrogen and oxygen atoms in total. The first-order valence-corrected chi connectivity index (χ1v) is 8.90. The molecule has 1 amide bonds. The third-order valence-corrected chi connectivity index (χ3v) is 4.43. The number of halogens is 1. The van der Waals surface area contributed by atoms with Gasteiger partial charge >= 0.3 is 5.97 Å². The minimum atomic E-state index is -1.22. The van der Waals surface area contributed by atoms with Crippen LogP contribution in [0.1, 0.15) is 36.6 Å². The molecule has 146 valence electrons. The van der Waals surface area contributed by atoms with Crippen LogP contribution in [0.2, 0.25) is 5.02 Å². The van der Waals surface area contributed by atoms with Crippen molar-refractivity contribution >= 4 is 34.9 Å². The standard InChI is InChI=1S/C22H16ClNO5/c1-29-19-8-3-2-7-16(19)20(25)13-5-4-6-14(11-13)21(26)24-18-10-9-15(23)12-17(18)22(27)28/h2-12H,1H3,(H,24,26)(H,27,28). The highest BCUT2D eigenvalue weighted by Crippen LogP contribution is 2.23. The predicted molar refractivity (Wildman–Crippen MR) is 109 cm³/mol. The van der Waals surface area contributed by atoms with Gasteiger partial charge in [0, 0.05) is 16.1 Å². The second-order valence-electron chi connectivity index (χ2n) is 6.06. The molecule has 0 aromatic heterocycles. The molecule has 0 aliphatic carbocycles. The van der Waals surface area contributed by atoms with E-state index in [4.69, 9.17) is 16.3 Å². The number of para-hydroxylation sites is 1. The summed E-state index contributed by atoms with van der Waals surface area (Å²) in [6.45, 7) is 0. The normalized spacial score (nSPS) is 10.3. The summed E-state index contributed by atoms with van der Waals surface area (Å²) in [7, 11) is 1.47. The Morgan fingerprint density at radius 2 is 1.62 bits per heavy atom. The molecule has 0 fully saturated rings. The lowest BCUT2D eigenvalue weighted by atomic mass is 10.00. The number of aromatic carboxylic acids is 1. The van der Waals surface area contributed by atoms with Gasteiger partial charge in [-0.15, -0.1) is 0 Å². The zero-order valence-electron chi connectivity index (χ0n) is 15.3. The lowest BCUT2D eigenvalue weighted by Crippen LogP contribution is -2.15. The fraction of sp³-hybridized carbons (Fsp3) is 0.0455. The summed E-state index contributed by atoms with van der Waals surface area (Å²) in [6, 6.07) is 17.1. The molecule has 0 radical (unpaired) electrons. The first kappa shape index (κ1) is 20.1. The number of methoxy groups -OCH3 is 1. The van der Waals surface area contributed by atoms with Crippen molar-refractivity contribution in [3.05, 3.63) is 94.0 Å².